The van der Waals surface area contributed by atoms with Crippen molar-refractivity contribution in [2.24, 2.45) is 0 Å². The number of rotatable bonds is 3. The first-order chi connectivity index (χ1) is 5.36. The van der Waals surface area contributed by atoms with Gasteiger partial charge >= 0.3 is 0 Å². The molecule has 0 aliphatic carbocycles. The summed E-state index contributed by atoms with van der Waals surface area (Å²) in [5.74, 6) is 1.46. The van der Waals surface area contributed by atoms with Crippen LogP contribution in [0.25, 0.3) is 0 Å². The highest BCUT2D eigenvalue weighted by Gasteiger charge is 1.99. The van der Waals surface area contributed by atoms with Gasteiger partial charge in [0.25, 0.3) is 0 Å². The normalized spacial score (nSPS) is 9.45. The van der Waals surface area contributed by atoms with Crippen LogP contribution in [-0.2, 0) is 17.8 Å². The van der Waals surface area contributed by atoms with Crippen LogP contribution in [-0.4, -0.2) is 7.11 Å². The van der Waals surface area contributed by atoms with Gasteiger partial charge < -0.3 is 9.15 Å². The van der Waals surface area contributed by atoms with E-state index in [0.29, 0.717) is 18.8 Å². The van der Waals surface area contributed by atoms with Crippen LogP contribution in [0.15, 0.2) is 16.5 Å². The lowest BCUT2D eigenvalue weighted by molar-refractivity contribution is 0.163. The van der Waals surface area contributed by atoms with Crippen LogP contribution >= 0.6 is 0 Å². The highest BCUT2D eigenvalue weighted by atomic mass is 16.5. The van der Waals surface area contributed by atoms with Crippen LogP contribution in [0.3, 0.4) is 0 Å². The molecule has 0 bridgehead atoms. The average molecular weight is 151 g/mol. The topological polar surface area (TPSA) is 46.2 Å². The second kappa shape index (κ2) is 3.79. The van der Waals surface area contributed by atoms with E-state index in [9.17, 15) is 0 Å². The molecule has 0 saturated heterocycles. The third-order valence-corrected chi connectivity index (χ3v) is 1.26. The van der Waals surface area contributed by atoms with Crippen molar-refractivity contribution in [1.82, 2.24) is 0 Å². The molecule has 0 unspecified atom stereocenters. The van der Waals surface area contributed by atoms with Gasteiger partial charge in [0, 0.05) is 7.11 Å². The fraction of sp³-hybridized carbons (Fsp3) is 0.375. The van der Waals surface area contributed by atoms with Gasteiger partial charge in [-0.15, -0.1) is 0 Å². The predicted molar refractivity (Wildman–Crippen MR) is 38.7 cm³/mol. The van der Waals surface area contributed by atoms with Crippen LogP contribution in [0, 0.1) is 11.3 Å². The van der Waals surface area contributed by atoms with E-state index in [-0.39, 0.29) is 0 Å². The molecule has 0 fully saturated rings. The van der Waals surface area contributed by atoms with Gasteiger partial charge in [-0.1, -0.05) is 0 Å². The number of methoxy groups -OCH3 is 1. The van der Waals surface area contributed by atoms with Gasteiger partial charge in [-0.05, 0) is 12.1 Å². The SMILES string of the molecule is COCc1ccc(CC#N)o1. The monoisotopic (exact) mass is 151 g/mol. The van der Waals surface area contributed by atoms with E-state index in [4.69, 9.17) is 14.4 Å². The number of furan rings is 1. The van der Waals surface area contributed by atoms with Gasteiger partial charge in [0.2, 0.25) is 0 Å². The number of nitriles is 1. The standard InChI is InChI=1S/C8H9NO2/c1-10-6-8-3-2-7(11-8)4-5-9/h2-3H,4,6H2,1H3. The van der Waals surface area contributed by atoms with E-state index in [1.165, 1.54) is 0 Å². The maximum atomic E-state index is 8.32. The van der Waals surface area contributed by atoms with E-state index >= 15 is 0 Å². The van der Waals surface area contributed by atoms with Crippen molar-refractivity contribution in [3.8, 4) is 6.07 Å². The zero-order chi connectivity index (χ0) is 8.10. The minimum atomic E-state index is 0.323. The fourth-order valence-corrected chi connectivity index (χ4v) is 0.815. The van der Waals surface area contributed by atoms with Crippen molar-refractivity contribution in [1.29, 1.82) is 5.26 Å². The summed E-state index contributed by atoms with van der Waals surface area (Å²) in [5, 5.41) is 8.32. The number of ether oxygens (including phenoxy) is 1. The molecule has 1 aromatic heterocycles. The molecule has 1 aromatic rings. The summed E-state index contributed by atoms with van der Waals surface area (Å²) < 4.78 is 10.1. The van der Waals surface area contributed by atoms with Crippen molar-refractivity contribution in [2.75, 3.05) is 7.11 Å². The van der Waals surface area contributed by atoms with E-state index in [1.54, 1.807) is 13.2 Å². The van der Waals surface area contributed by atoms with Crippen molar-refractivity contribution < 1.29 is 9.15 Å². The minimum Gasteiger partial charge on any atom is -0.463 e. The molecule has 1 heterocycles. The third kappa shape index (κ3) is 2.10. The van der Waals surface area contributed by atoms with Gasteiger partial charge in [0.05, 0.1) is 12.5 Å². The molecule has 1 rings (SSSR count). The smallest absolute Gasteiger partial charge is 0.129 e. The summed E-state index contributed by atoms with van der Waals surface area (Å²) in [4.78, 5) is 0. The van der Waals surface area contributed by atoms with Crippen molar-refractivity contribution in [3.63, 3.8) is 0 Å². The number of nitrogens with zero attached hydrogens (tertiary/aromatic N) is 1. The van der Waals surface area contributed by atoms with Crippen LogP contribution in [0.4, 0.5) is 0 Å². The molecule has 0 aromatic carbocycles. The summed E-state index contributed by atoms with van der Waals surface area (Å²) in [6.45, 7) is 0.464. The Morgan fingerprint density at radius 2 is 2.27 bits per heavy atom. The molecule has 0 saturated carbocycles. The number of hydrogen-bond donors (Lipinski definition) is 0. The lowest BCUT2D eigenvalue weighted by Gasteiger charge is -1.91. The van der Waals surface area contributed by atoms with Gasteiger partial charge in [-0.3, -0.25) is 0 Å². The Kier molecular flexibility index (Phi) is 2.70. The molecule has 0 spiro atoms. The first-order valence-electron chi connectivity index (χ1n) is 3.30. The molecule has 0 aliphatic heterocycles. The summed E-state index contributed by atoms with van der Waals surface area (Å²) in [6.07, 6.45) is 0.323. The molecular weight excluding hydrogens is 142 g/mol. The Morgan fingerprint density at radius 3 is 2.91 bits per heavy atom. The van der Waals surface area contributed by atoms with E-state index in [0.717, 1.165) is 5.76 Å². The van der Waals surface area contributed by atoms with Crippen molar-refractivity contribution >= 4 is 0 Å². The number of hydrogen-bond acceptors (Lipinski definition) is 3. The summed E-state index contributed by atoms with van der Waals surface area (Å²) in [5.41, 5.74) is 0. The Labute approximate surface area is 65.2 Å². The molecule has 0 atom stereocenters. The van der Waals surface area contributed by atoms with Gasteiger partial charge in [0.1, 0.15) is 18.1 Å². The van der Waals surface area contributed by atoms with E-state index in [1.807, 2.05) is 12.1 Å². The molecule has 11 heavy (non-hydrogen) atoms. The first-order valence-corrected chi connectivity index (χ1v) is 3.30. The Hall–Kier alpha value is -1.27. The van der Waals surface area contributed by atoms with Gasteiger partial charge in [0.15, 0.2) is 0 Å². The molecule has 3 nitrogen and oxygen atoms in total. The highest BCUT2D eigenvalue weighted by molar-refractivity contribution is 5.09. The maximum absolute atomic E-state index is 8.32. The highest BCUT2D eigenvalue weighted by Crippen LogP contribution is 2.08. The quantitative estimate of drug-likeness (QED) is 0.657. The first kappa shape index (κ1) is 7.83. The Bertz CT molecular complexity index is 259. The summed E-state index contributed by atoms with van der Waals surface area (Å²) >= 11 is 0. The van der Waals surface area contributed by atoms with Crippen LogP contribution in [0.5, 0.6) is 0 Å². The van der Waals surface area contributed by atoms with Gasteiger partial charge in [-0.25, -0.2) is 0 Å². The average Bonchev–Trinajstić information content (AvgIpc) is 2.38. The van der Waals surface area contributed by atoms with E-state index < -0.39 is 0 Å². The lowest BCUT2D eigenvalue weighted by atomic mass is 10.3. The Morgan fingerprint density at radius 1 is 1.55 bits per heavy atom. The minimum absolute atomic E-state index is 0.323. The molecule has 3 heteroatoms. The van der Waals surface area contributed by atoms with Gasteiger partial charge in [-0.2, -0.15) is 5.26 Å². The van der Waals surface area contributed by atoms with Crippen LogP contribution < -0.4 is 0 Å². The second-order valence-electron chi connectivity index (χ2n) is 2.14. The Balaban J connectivity index is 2.60. The van der Waals surface area contributed by atoms with E-state index in [2.05, 4.69) is 0 Å². The molecule has 0 amide bonds. The molecular formula is C8H9NO2. The molecule has 0 radical (unpaired) electrons. The largest absolute Gasteiger partial charge is 0.463 e. The van der Waals surface area contributed by atoms with Crippen LogP contribution in [0.2, 0.25) is 0 Å². The van der Waals surface area contributed by atoms with Crippen LogP contribution in [0.1, 0.15) is 11.5 Å². The summed E-state index contributed by atoms with van der Waals surface area (Å²) in [7, 11) is 1.60. The fourth-order valence-electron chi connectivity index (χ4n) is 0.815. The predicted octanol–water partition coefficient (Wildman–Crippen LogP) is 1.49. The lowest BCUT2D eigenvalue weighted by Crippen LogP contribution is -1.82. The molecule has 58 valence electrons. The summed E-state index contributed by atoms with van der Waals surface area (Å²) in [6, 6.07) is 5.61. The van der Waals surface area contributed by atoms with Crippen molar-refractivity contribution in [2.45, 2.75) is 13.0 Å². The zero-order valence-electron chi connectivity index (χ0n) is 6.33. The zero-order valence-corrected chi connectivity index (χ0v) is 6.33. The molecule has 0 N–H and O–H groups in total. The van der Waals surface area contributed by atoms with Crippen molar-refractivity contribution in [3.05, 3.63) is 23.7 Å². The maximum Gasteiger partial charge on any atom is 0.129 e. The second-order valence-corrected chi connectivity index (χ2v) is 2.14. The molecule has 0 aliphatic rings. The third-order valence-electron chi connectivity index (χ3n) is 1.26.